The predicted octanol–water partition coefficient (Wildman–Crippen LogP) is 1.25. The second-order valence-electron chi connectivity index (χ2n) is 6.25. The van der Waals surface area contributed by atoms with Crippen molar-refractivity contribution in [2.24, 2.45) is 0 Å². The smallest absolute Gasteiger partial charge is 0.251 e. The highest BCUT2D eigenvalue weighted by Gasteiger charge is 2.30. The molecule has 1 fully saturated rings. The molecule has 9 heteroatoms. The van der Waals surface area contributed by atoms with E-state index >= 15 is 0 Å². The molecule has 0 unspecified atom stereocenters. The fraction of sp³-hybridized carbons (Fsp3) is 0.333. The zero-order valence-electron chi connectivity index (χ0n) is 14.9. The number of sulfonamides is 1. The lowest BCUT2D eigenvalue weighted by Gasteiger charge is -2.34. The number of amides is 1. The molecule has 0 aliphatic carbocycles. The molecule has 0 radical (unpaired) electrons. The number of aromatic nitrogens is 1. The van der Waals surface area contributed by atoms with Crippen LogP contribution in [-0.4, -0.2) is 55.5 Å². The first-order valence-electron chi connectivity index (χ1n) is 8.53. The normalized spacial score (nSPS) is 15.7. The number of rotatable bonds is 5. The van der Waals surface area contributed by atoms with Crippen LogP contribution in [0.1, 0.15) is 5.56 Å². The van der Waals surface area contributed by atoms with E-state index in [2.05, 4.69) is 0 Å². The molecule has 0 bridgehead atoms. The summed E-state index contributed by atoms with van der Waals surface area (Å²) in [6.07, 6.45) is 1.39. The molecule has 1 saturated heterocycles. The van der Waals surface area contributed by atoms with Gasteiger partial charge in [-0.2, -0.15) is 9.04 Å². The van der Waals surface area contributed by atoms with Crippen LogP contribution in [0.25, 0.3) is 0 Å². The van der Waals surface area contributed by atoms with Crippen LogP contribution in [0.5, 0.6) is 0 Å². The van der Waals surface area contributed by atoms with E-state index in [1.807, 2.05) is 6.92 Å². The van der Waals surface area contributed by atoms with Crippen molar-refractivity contribution < 1.29 is 17.9 Å². The summed E-state index contributed by atoms with van der Waals surface area (Å²) in [6, 6.07) is 11.8. The van der Waals surface area contributed by atoms with Crippen LogP contribution >= 0.6 is 11.8 Å². The van der Waals surface area contributed by atoms with Gasteiger partial charge in [-0.05, 0) is 36.9 Å². The van der Waals surface area contributed by atoms with E-state index in [1.165, 1.54) is 22.3 Å². The van der Waals surface area contributed by atoms with Crippen molar-refractivity contribution in [2.45, 2.75) is 16.8 Å². The topological polar surface area (TPSA) is 84.6 Å². The Balaban J connectivity index is 1.56. The van der Waals surface area contributed by atoms with Crippen LogP contribution in [0.15, 0.2) is 58.6 Å². The maximum absolute atomic E-state index is 12.7. The summed E-state index contributed by atoms with van der Waals surface area (Å²) >= 11 is 1.18. The van der Waals surface area contributed by atoms with Crippen molar-refractivity contribution in [2.75, 3.05) is 31.9 Å². The van der Waals surface area contributed by atoms with Gasteiger partial charge in [-0.1, -0.05) is 17.7 Å². The lowest BCUT2D eigenvalue weighted by Crippen LogP contribution is -2.51. The van der Waals surface area contributed by atoms with Gasteiger partial charge in [0.1, 0.15) is 0 Å². The third-order valence-corrected chi connectivity index (χ3v) is 7.30. The van der Waals surface area contributed by atoms with Gasteiger partial charge in [-0.25, -0.2) is 8.42 Å². The number of carbonyl (C=O) groups is 1. The van der Waals surface area contributed by atoms with Crippen LogP contribution in [0.2, 0.25) is 0 Å². The van der Waals surface area contributed by atoms with Crippen molar-refractivity contribution in [3.05, 3.63) is 59.4 Å². The predicted molar refractivity (Wildman–Crippen MR) is 103 cm³/mol. The SMILES string of the molecule is Cc1ccc(S(=O)(=O)N2CCN(C(=O)CSc3cccc[n+]3[O-])CC2)cc1. The van der Waals surface area contributed by atoms with Gasteiger partial charge in [0.15, 0.2) is 6.20 Å². The zero-order valence-corrected chi connectivity index (χ0v) is 16.6. The Labute approximate surface area is 163 Å². The average Bonchev–Trinajstić information content (AvgIpc) is 2.67. The van der Waals surface area contributed by atoms with Crippen molar-refractivity contribution in [3.8, 4) is 0 Å². The molecular formula is C18H21N3O4S2. The monoisotopic (exact) mass is 407 g/mol. The Morgan fingerprint density at radius 3 is 2.41 bits per heavy atom. The van der Waals surface area contributed by atoms with E-state index in [0.717, 1.165) is 10.3 Å². The maximum atomic E-state index is 12.7. The molecule has 27 heavy (non-hydrogen) atoms. The number of benzene rings is 1. The Hall–Kier alpha value is -2.10. The number of aryl methyl sites for hydroxylation is 1. The summed E-state index contributed by atoms with van der Waals surface area (Å²) in [7, 11) is -3.54. The molecule has 0 atom stereocenters. The Kier molecular flexibility index (Phi) is 6.03. The van der Waals surface area contributed by atoms with Crippen LogP contribution < -0.4 is 4.73 Å². The molecule has 1 aromatic heterocycles. The van der Waals surface area contributed by atoms with Gasteiger partial charge in [-0.3, -0.25) is 4.79 Å². The van der Waals surface area contributed by atoms with Crippen LogP contribution in [0, 0.1) is 12.1 Å². The van der Waals surface area contributed by atoms with Crippen LogP contribution in [0.4, 0.5) is 0 Å². The summed E-state index contributed by atoms with van der Waals surface area (Å²) < 4.78 is 27.5. The number of carbonyl (C=O) groups excluding carboxylic acids is 1. The van der Waals surface area contributed by atoms with E-state index < -0.39 is 10.0 Å². The van der Waals surface area contributed by atoms with Gasteiger partial charge in [0.2, 0.25) is 15.9 Å². The molecule has 2 heterocycles. The average molecular weight is 408 g/mol. The van der Waals surface area contributed by atoms with Gasteiger partial charge in [0.25, 0.3) is 5.03 Å². The van der Waals surface area contributed by atoms with Gasteiger partial charge < -0.3 is 10.1 Å². The highest BCUT2D eigenvalue weighted by molar-refractivity contribution is 7.99. The summed E-state index contributed by atoms with van der Waals surface area (Å²) in [5.41, 5.74) is 1.000. The molecule has 0 N–H and O–H groups in total. The van der Waals surface area contributed by atoms with Crippen LogP contribution in [-0.2, 0) is 14.8 Å². The summed E-state index contributed by atoms with van der Waals surface area (Å²) in [5, 5.41) is 12.1. The largest absolute Gasteiger partial charge is 0.618 e. The maximum Gasteiger partial charge on any atom is 0.251 e. The summed E-state index contributed by atoms with van der Waals surface area (Å²) in [6.45, 7) is 3.12. The molecule has 7 nitrogen and oxygen atoms in total. The highest BCUT2D eigenvalue weighted by atomic mass is 32.2. The van der Waals surface area contributed by atoms with Crippen molar-refractivity contribution >= 4 is 27.7 Å². The standard InChI is InChI=1S/C18H21N3O4S2/c1-15-5-7-16(8-6-15)27(24,25)20-12-10-19(11-13-20)17(22)14-26-18-4-2-3-9-21(18)23/h2-9H,10-14H2,1H3. The third kappa shape index (κ3) is 4.60. The number of nitrogens with zero attached hydrogens (tertiary/aromatic N) is 3. The zero-order chi connectivity index (χ0) is 19.4. The minimum Gasteiger partial charge on any atom is -0.618 e. The minimum atomic E-state index is -3.54. The van der Waals surface area contributed by atoms with Gasteiger partial charge in [-0.15, -0.1) is 0 Å². The Bertz CT molecular complexity index is 908. The summed E-state index contributed by atoms with van der Waals surface area (Å²) in [4.78, 5) is 14.3. The molecule has 1 amide bonds. The van der Waals surface area contributed by atoms with Crippen molar-refractivity contribution in [1.82, 2.24) is 9.21 Å². The fourth-order valence-electron chi connectivity index (χ4n) is 2.79. The number of hydrogen-bond donors (Lipinski definition) is 0. The van der Waals surface area contributed by atoms with Gasteiger partial charge in [0, 0.05) is 38.3 Å². The molecule has 0 saturated carbocycles. The van der Waals surface area contributed by atoms with E-state index in [-0.39, 0.29) is 29.6 Å². The van der Waals surface area contributed by atoms with Crippen LogP contribution in [0.3, 0.4) is 0 Å². The lowest BCUT2D eigenvalue weighted by atomic mass is 10.2. The minimum absolute atomic E-state index is 0.101. The number of hydrogen-bond acceptors (Lipinski definition) is 5. The molecule has 1 aromatic carbocycles. The third-order valence-electron chi connectivity index (χ3n) is 4.38. The second kappa shape index (κ2) is 8.28. The molecule has 3 rings (SSSR count). The van der Waals surface area contributed by atoms with Crippen molar-refractivity contribution in [1.29, 1.82) is 0 Å². The first-order chi connectivity index (χ1) is 12.9. The molecule has 144 valence electrons. The van der Waals surface area contributed by atoms with E-state index in [0.29, 0.717) is 18.1 Å². The quantitative estimate of drug-likeness (QED) is 0.423. The van der Waals surface area contributed by atoms with E-state index in [1.54, 1.807) is 47.4 Å². The molecule has 1 aliphatic rings. The first kappa shape index (κ1) is 19.7. The highest BCUT2D eigenvalue weighted by Crippen LogP contribution is 2.19. The molecule has 1 aliphatic heterocycles. The Morgan fingerprint density at radius 2 is 1.78 bits per heavy atom. The molecule has 0 spiro atoms. The Morgan fingerprint density at radius 1 is 1.11 bits per heavy atom. The molecule has 2 aromatic rings. The second-order valence-corrected chi connectivity index (χ2v) is 9.18. The fourth-order valence-corrected chi connectivity index (χ4v) is 5.03. The lowest BCUT2D eigenvalue weighted by molar-refractivity contribution is -0.645. The van der Waals surface area contributed by atoms with Crippen molar-refractivity contribution in [3.63, 3.8) is 0 Å². The molecular weight excluding hydrogens is 386 g/mol. The van der Waals surface area contributed by atoms with Gasteiger partial charge >= 0.3 is 0 Å². The number of thioether (sulfide) groups is 1. The number of pyridine rings is 1. The van der Waals surface area contributed by atoms with E-state index in [4.69, 9.17) is 0 Å². The first-order valence-corrected chi connectivity index (χ1v) is 11.0. The van der Waals surface area contributed by atoms with E-state index in [9.17, 15) is 18.4 Å². The summed E-state index contributed by atoms with van der Waals surface area (Å²) in [5.74, 6) is 0.0491. The number of piperazine rings is 1. The van der Waals surface area contributed by atoms with Gasteiger partial charge in [0.05, 0.1) is 10.6 Å².